The van der Waals surface area contributed by atoms with Crippen molar-refractivity contribution in [3.63, 3.8) is 0 Å². The van der Waals surface area contributed by atoms with Crippen molar-refractivity contribution in [1.82, 2.24) is 14.9 Å². The Balaban J connectivity index is 1.57. The summed E-state index contributed by atoms with van der Waals surface area (Å²) in [6.07, 6.45) is -3.62. The minimum atomic E-state index is -2.78. The molecule has 1 aromatic carbocycles. The molecule has 4 rings (SSSR count). The fourth-order valence-electron chi connectivity index (χ4n) is 4.60. The number of hydrogen-bond donors (Lipinski definition) is 1. The lowest BCUT2D eigenvalue weighted by molar-refractivity contribution is -0.147. The van der Waals surface area contributed by atoms with Crippen molar-refractivity contribution in [2.45, 2.75) is 25.4 Å². The van der Waals surface area contributed by atoms with E-state index in [2.05, 4.69) is 10.1 Å². The topological polar surface area (TPSA) is 137 Å². The number of carbonyl (C=O) groups excluding carboxylic acids is 3. The first-order valence-electron chi connectivity index (χ1n) is 11.8. The second kappa shape index (κ2) is 11.4. The van der Waals surface area contributed by atoms with Crippen LogP contribution in [0.2, 0.25) is 0 Å². The van der Waals surface area contributed by atoms with Gasteiger partial charge in [-0.15, -0.1) is 0 Å². The van der Waals surface area contributed by atoms with E-state index in [4.69, 9.17) is 19.9 Å². The van der Waals surface area contributed by atoms with E-state index in [1.54, 1.807) is 48.7 Å². The number of primary amides is 1. The molecule has 1 aromatic heterocycles. The van der Waals surface area contributed by atoms with E-state index in [1.807, 2.05) is 0 Å². The zero-order valence-corrected chi connectivity index (χ0v) is 20.6. The predicted octanol–water partition coefficient (Wildman–Crippen LogP) is 1.86. The molecule has 2 aliphatic rings. The number of methoxy groups -OCH3 is 1. The van der Waals surface area contributed by atoms with E-state index in [9.17, 15) is 23.2 Å². The summed E-state index contributed by atoms with van der Waals surface area (Å²) in [5.41, 5.74) is 4.76. The molecule has 0 aliphatic carbocycles. The molecule has 202 valence electrons. The second-order valence-electron chi connectivity index (χ2n) is 8.83. The highest BCUT2D eigenvalue weighted by molar-refractivity contribution is 6.13. The molecular formula is C25H27F2N5O6. The third kappa shape index (κ3) is 5.82. The molecule has 1 fully saturated rings. The summed E-state index contributed by atoms with van der Waals surface area (Å²) in [6, 6.07) is 11.8. The van der Waals surface area contributed by atoms with Gasteiger partial charge < -0.3 is 24.8 Å². The lowest BCUT2D eigenvalue weighted by atomic mass is 9.74. The van der Waals surface area contributed by atoms with Gasteiger partial charge in [-0.25, -0.2) is 18.6 Å². The summed E-state index contributed by atoms with van der Waals surface area (Å²) in [5.74, 6) is -0.403. The van der Waals surface area contributed by atoms with Gasteiger partial charge in [-0.3, -0.25) is 14.6 Å². The van der Waals surface area contributed by atoms with Crippen LogP contribution in [0.3, 0.4) is 0 Å². The second-order valence-corrected chi connectivity index (χ2v) is 8.83. The normalized spacial score (nSPS) is 19.6. The summed E-state index contributed by atoms with van der Waals surface area (Å²) < 4.78 is 42.2. The third-order valence-corrected chi connectivity index (χ3v) is 6.33. The quantitative estimate of drug-likeness (QED) is 0.494. The first-order chi connectivity index (χ1) is 18.2. The SMILES string of the molecule is COc1cccc(OCC(OC(N)=O)C(=O)N2CCC3=NN(CC(F)F)C(=O)[C@]3(Cc3ccccn3)C2)c1. The highest BCUT2D eigenvalue weighted by Gasteiger charge is 2.55. The lowest BCUT2D eigenvalue weighted by Gasteiger charge is -2.40. The molecular weight excluding hydrogens is 504 g/mol. The fraction of sp³-hybridized carbons (Fsp3) is 0.400. The van der Waals surface area contributed by atoms with Crippen molar-refractivity contribution >= 4 is 23.6 Å². The predicted molar refractivity (Wildman–Crippen MR) is 130 cm³/mol. The van der Waals surface area contributed by atoms with Crippen LogP contribution in [0.4, 0.5) is 13.6 Å². The summed E-state index contributed by atoms with van der Waals surface area (Å²) in [5, 5.41) is 4.96. The monoisotopic (exact) mass is 531 g/mol. The minimum Gasteiger partial charge on any atom is -0.497 e. The number of likely N-dealkylation sites (tertiary alicyclic amines) is 1. The molecule has 2 atom stereocenters. The number of amides is 3. The zero-order chi connectivity index (χ0) is 27.3. The van der Waals surface area contributed by atoms with Gasteiger partial charge in [0.1, 0.15) is 30.1 Å². The summed E-state index contributed by atoms with van der Waals surface area (Å²) in [7, 11) is 1.49. The van der Waals surface area contributed by atoms with Crippen LogP contribution in [-0.4, -0.2) is 84.4 Å². The molecule has 0 saturated carbocycles. The number of benzene rings is 1. The molecule has 0 radical (unpaired) electrons. The summed E-state index contributed by atoms with van der Waals surface area (Å²) in [6.45, 7) is -1.26. The van der Waals surface area contributed by atoms with Crippen LogP contribution in [-0.2, 0) is 20.7 Å². The molecule has 1 saturated heterocycles. The van der Waals surface area contributed by atoms with Crippen molar-refractivity contribution in [3.8, 4) is 11.5 Å². The van der Waals surface area contributed by atoms with Gasteiger partial charge in [0.15, 0.2) is 0 Å². The Morgan fingerprint density at radius 3 is 2.66 bits per heavy atom. The molecule has 1 unspecified atom stereocenters. The number of nitrogens with two attached hydrogens (primary N) is 1. The Hall–Kier alpha value is -4.29. The van der Waals surface area contributed by atoms with Crippen LogP contribution in [0.25, 0.3) is 0 Å². The van der Waals surface area contributed by atoms with E-state index < -0.39 is 42.4 Å². The number of hydrogen-bond acceptors (Lipinski definition) is 8. The molecule has 2 aliphatic heterocycles. The van der Waals surface area contributed by atoms with E-state index in [0.29, 0.717) is 22.9 Å². The van der Waals surface area contributed by atoms with Crippen LogP contribution >= 0.6 is 0 Å². The van der Waals surface area contributed by atoms with Gasteiger partial charge in [-0.05, 0) is 24.3 Å². The van der Waals surface area contributed by atoms with Gasteiger partial charge in [-0.1, -0.05) is 12.1 Å². The Bertz CT molecular complexity index is 1210. The smallest absolute Gasteiger partial charge is 0.405 e. The number of pyridine rings is 1. The highest BCUT2D eigenvalue weighted by atomic mass is 19.3. The molecule has 2 aromatic rings. The largest absolute Gasteiger partial charge is 0.497 e. The lowest BCUT2D eigenvalue weighted by Crippen LogP contribution is -2.58. The highest BCUT2D eigenvalue weighted by Crippen LogP contribution is 2.39. The van der Waals surface area contributed by atoms with Gasteiger partial charge in [0, 0.05) is 43.9 Å². The van der Waals surface area contributed by atoms with Crippen LogP contribution in [0.5, 0.6) is 11.5 Å². The molecule has 3 amide bonds. The molecule has 2 N–H and O–H groups in total. The number of halogens is 2. The average molecular weight is 532 g/mol. The molecule has 0 spiro atoms. The van der Waals surface area contributed by atoms with Crippen molar-refractivity contribution < 1.29 is 37.4 Å². The van der Waals surface area contributed by atoms with Crippen molar-refractivity contribution in [2.24, 2.45) is 16.3 Å². The van der Waals surface area contributed by atoms with Crippen LogP contribution < -0.4 is 15.2 Å². The third-order valence-electron chi connectivity index (χ3n) is 6.33. The Morgan fingerprint density at radius 1 is 1.18 bits per heavy atom. The van der Waals surface area contributed by atoms with Gasteiger partial charge >= 0.3 is 6.09 Å². The number of carbonyl (C=O) groups is 3. The summed E-state index contributed by atoms with van der Waals surface area (Å²) >= 11 is 0. The van der Waals surface area contributed by atoms with Gasteiger partial charge in [0.05, 0.1) is 12.8 Å². The van der Waals surface area contributed by atoms with Gasteiger partial charge in [-0.2, -0.15) is 5.10 Å². The number of rotatable bonds is 10. The van der Waals surface area contributed by atoms with Crippen LogP contribution in [0.15, 0.2) is 53.8 Å². The van der Waals surface area contributed by atoms with E-state index >= 15 is 0 Å². The molecule has 13 heteroatoms. The minimum absolute atomic E-state index is 0.0523. The first kappa shape index (κ1) is 26.8. The van der Waals surface area contributed by atoms with Crippen LogP contribution in [0, 0.1) is 5.41 Å². The molecule has 11 nitrogen and oxygen atoms in total. The zero-order valence-electron chi connectivity index (χ0n) is 20.6. The molecule has 0 bridgehead atoms. The Labute approximate surface area is 217 Å². The Morgan fingerprint density at radius 2 is 1.97 bits per heavy atom. The van der Waals surface area contributed by atoms with E-state index in [-0.39, 0.29) is 32.5 Å². The maximum atomic E-state index is 13.5. The number of nitrogens with zero attached hydrogens (tertiary/aromatic N) is 4. The standard InChI is InChI=1S/C25H27F2N5O6/c1-36-17-6-4-7-18(11-17)37-14-19(38-24(28)35)22(33)31-10-8-20-25(15-31,12-16-5-2-3-9-29-16)23(34)32(30-20)13-21(26)27/h2-7,9,11,19,21H,8,10,12-15H2,1H3,(H2,28,35)/t19?,25-/m1/s1. The average Bonchev–Trinajstić information content (AvgIpc) is 3.16. The van der Waals surface area contributed by atoms with Crippen molar-refractivity contribution in [2.75, 3.05) is 33.4 Å². The maximum absolute atomic E-state index is 13.5. The maximum Gasteiger partial charge on any atom is 0.405 e. The number of alkyl halides is 2. The van der Waals surface area contributed by atoms with E-state index in [0.717, 1.165) is 5.01 Å². The number of fused-ring (bicyclic) bond motifs is 1. The van der Waals surface area contributed by atoms with Gasteiger partial charge in [0.25, 0.3) is 18.2 Å². The van der Waals surface area contributed by atoms with Crippen LogP contribution in [0.1, 0.15) is 12.1 Å². The number of ether oxygens (including phenoxy) is 3. The number of aromatic nitrogens is 1. The number of hydrazone groups is 1. The molecule has 38 heavy (non-hydrogen) atoms. The van der Waals surface area contributed by atoms with E-state index in [1.165, 1.54) is 12.0 Å². The van der Waals surface area contributed by atoms with Crippen molar-refractivity contribution in [3.05, 3.63) is 54.4 Å². The van der Waals surface area contributed by atoms with Crippen molar-refractivity contribution in [1.29, 1.82) is 0 Å². The summed E-state index contributed by atoms with van der Waals surface area (Å²) in [4.78, 5) is 44.2. The van der Waals surface area contributed by atoms with Gasteiger partial charge in [0.2, 0.25) is 6.10 Å². The first-order valence-corrected chi connectivity index (χ1v) is 11.8. The number of piperidine rings is 1. The molecule has 3 heterocycles. The Kier molecular flexibility index (Phi) is 8.03. The fourth-order valence-corrected chi connectivity index (χ4v) is 4.60.